The molecule has 0 aliphatic heterocycles. The zero-order valence-electron chi connectivity index (χ0n) is 11.6. The van der Waals surface area contributed by atoms with Crippen LogP contribution >= 0.6 is 0 Å². The molecule has 2 rings (SSSR count). The summed E-state index contributed by atoms with van der Waals surface area (Å²) in [6, 6.07) is 5.88. The summed E-state index contributed by atoms with van der Waals surface area (Å²) < 4.78 is 5.87. The molecule has 2 aromatic heterocycles. The van der Waals surface area contributed by atoms with E-state index in [1.807, 2.05) is 32.0 Å². The predicted molar refractivity (Wildman–Crippen MR) is 75.3 cm³/mol. The van der Waals surface area contributed by atoms with Crippen LogP contribution in [0.3, 0.4) is 0 Å². The van der Waals surface area contributed by atoms with Crippen molar-refractivity contribution in [1.82, 2.24) is 9.97 Å². The molecule has 0 saturated heterocycles. The van der Waals surface area contributed by atoms with Crippen LogP contribution in [0.25, 0.3) is 0 Å². The summed E-state index contributed by atoms with van der Waals surface area (Å²) in [6.45, 7) is 6.49. The third kappa shape index (κ3) is 3.09. The van der Waals surface area contributed by atoms with E-state index < -0.39 is 0 Å². The summed E-state index contributed by atoms with van der Waals surface area (Å²) in [5.41, 5.74) is 9.51. The summed E-state index contributed by atoms with van der Waals surface area (Å²) in [7, 11) is 0. The second-order valence-corrected chi connectivity index (χ2v) is 4.52. The van der Waals surface area contributed by atoms with E-state index in [0.717, 1.165) is 34.7 Å². The van der Waals surface area contributed by atoms with Crippen LogP contribution in [0.4, 0.5) is 0 Å². The van der Waals surface area contributed by atoms with Crippen molar-refractivity contribution < 1.29 is 4.74 Å². The highest BCUT2D eigenvalue weighted by Gasteiger charge is 2.08. The Balaban J connectivity index is 2.31. The molecule has 0 radical (unpaired) electrons. The van der Waals surface area contributed by atoms with E-state index in [9.17, 15) is 0 Å². The maximum atomic E-state index is 5.87. The first-order valence-electron chi connectivity index (χ1n) is 6.44. The molecular formula is C15H19N3O. The Bertz CT molecular complexity index is 582. The molecule has 0 bridgehead atoms. The topological polar surface area (TPSA) is 61.0 Å². The summed E-state index contributed by atoms with van der Waals surface area (Å²) >= 11 is 0. The Morgan fingerprint density at radius 2 is 2.05 bits per heavy atom. The second-order valence-electron chi connectivity index (χ2n) is 4.52. The van der Waals surface area contributed by atoms with Gasteiger partial charge in [-0.2, -0.15) is 0 Å². The van der Waals surface area contributed by atoms with Gasteiger partial charge in [0.25, 0.3) is 0 Å². The molecular weight excluding hydrogens is 238 g/mol. The van der Waals surface area contributed by atoms with E-state index in [4.69, 9.17) is 10.5 Å². The van der Waals surface area contributed by atoms with Crippen molar-refractivity contribution >= 4 is 0 Å². The highest BCUT2D eigenvalue weighted by atomic mass is 16.5. The molecule has 0 saturated carbocycles. The molecule has 4 heteroatoms. The monoisotopic (exact) mass is 257 g/mol. The zero-order valence-corrected chi connectivity index (χ0v) is 11.6. The third-order valence-electron chi connectivity index (χ3n) is 2.94. The summed E-state index contributed by atoms with van der Waals surface area (Å²) in [4.78, 5) is 8.79. The fraction of sp³-hybridized carbons (Fsp3) is 0.333. The second kappa shape index (κ2) is 5.80. The standard InChI is InChI=1S/C15H19N3O/c1-4-13-14(6-5-11(3)18-13)19-15-10(2)7-12(8-16)9-17-15/h5-7,9H,4,8,16H2,1-3H3. The Kier molecular flexibility index (Phi) is 4.12. The van der Waals surface area contributed by atoms with Crippen molar-refractivity contribution in [1.29, 1.82) is 0 Å². The molecule has 0 unspecified atom stereocenters. The molecule has 2 heterocycles. The fourth-order valence-corrected chi connectivity index (χ4v) is 1.89. The normalized spacial score (nSPS) is 10.5. The van der Waals surface area contributed by atoms with Crippen LogP contribution in [0.15, 0.2) is 24.4 Å². The van der Waals surface area contributed by atoms with Crippen LogP contribution in [0.2, 0.25) is 0 Å². The van der Waals surface area contributed by atoms with Gasteiger partial charge in [-0.25, -0.2) is 4.98 Å². The molecule has 100 valence electrons. The average Bonchev–Trinajstić information content (AvgIpc) is 2.42. The van der Waals surface area contributed by atoms with Gasteiger partial charge in [0.1, 0.15) is 0 Å². The number of pyridine rings is 2. The lowest BCUT2D eigenvalue weighted by molar-refractivity contribution is 0.450. The van der Waals surface area contributed by atoms with Crippen molar-refractivity contribution in [3.05, 3.63) is 46.9 Å². The molecule has 2 aromatic rings. The lowest BCUT2D eigenvalue weighted by Crippen LogP contribution is -2.01. The zero-order chi connectivity index (χ0) is 13.8. The van der Waals surface area contributed by atoms with Gasteiger partial charge in [0.15, 0.2) is 5.75 Å². The number of nitrogens with two attached hydrogens (primary N) is 1. The van der Waals surface area contributed by atoms with E-state index >= 15 is 0 Å². The van der Waals surface area contributed by atoms with Crippen LogP contribution in [0.1, 0.15) is 29.4 Å². The van der Waals surface area contributed by atoms with Crippen molar-refractivity contribution in [2.45, 2.75) is 33.7 Å². The van der Waals surface area contributed by atoms with E-state index in [2.05, 4.69) is 16.9 Å². The Hall–Kier alpha value is -1.94. The highest BCUT2D eigenvalue weighted by Crippen LogP contribution is 2.26. The molecule has 2 N–H and O–H groups in total. The molecule has 4 nitrogen and oxygen atoms in total. The number of aryl methyl sites for hydroxylation is 3. The van der Waals surface area contributed by atoms with Crippen LogP contribution in [-0.4, -0.2) is 9.97 Å². The first kappa shape index (κ1) is 13.5. The minimum absolute atomic E-state index is 0.487. The van der Waals surface area contributed by atoms with Crippen molar-refractivity contribution in [2.24, 2.45) is 5.73 Å². The average molecular weight is 257 g/mol. The number of ether oxygens (including phenoxy) is 1. The predicted octanol–water partition coefficient (Wildman–Crippen LogP) is 2.91. The largest absolute Gasteiger partial charge is 0.437 e. The number of nitrogens with zero attached hydrogens (tertiary/aromatic N) is 2. The number of rotatable bonds is 4. The van der Waals surface area contributed by atoms with Gasteiger partial charge >= 0.3 is 0 Å². The van der Waals surface area contributed by atoms with Gasteiger partial charge in [-0.15, -0.1) is 0 Å². The minimum Gasteiger partial charge on any atom is -0.437 e. The lowest BCUT2D eigenvalue weighted by Gasteiger charge is -2.11. The maximum absolute atomic E-state index is 5.87. The Morgan fingerprint density at radius 3 is 2.68 bits per heavy atom. The van der Waals surface area contributed by atoms with Crippen LogP contribution in [0, 0.1) is 13.8 Å². The molecule has 0 amide bonds. The van der Waals surface area contributed by atoms with Gasteiger partial charge in [0.05, 0.1) is 5.69 Å². The maximum Gasteiger partial charge on any atom is 0.222 e. The van der Waals surface area contributed by atoms with Crippen LogP contribution in [-0.2, 0) is 13.0 Å². The third-order valence-corrected chi connectivity index (χ3v) is 2.94. The number of aromatic nitrogens is 2. The van der Waals surface area contributed by atoms with Crippen LogP contribution in [0.5, 0.6) is 11.6 Å². The highest BCUT2D eigenvalue weighted by molar-refractivity contribution is 5.36. The summed E-state index contributed by atoms with van der Waals surface area (Å²) in [6.07, 6.45) is 2.58. The summed E-state index contributed by atoms with van der Waals surface area (Å²) in [5, 5.41) is 0. The lowest BCUT2D eigenvalue weighted by atomic mass is 10.2. The van der Waals surface area contributed by atoms with Crippen molar-refractivity contribution in [3.8, 4) is 11.6 Å². The molecule has 0 aliphatic carbocycles. The molecule has 0 aliphatic rings. The first-order chi connectivity index (χ1) is 9.13. The van der Waals surface area contributed by atoms with Crippen molar-refractivity contribution in [2.75, 3.05) is 0 Å². The van der Waals surface area contributed by atoms with Gasteiger partial charge in [-0.3, -0.25) is 4.98 Å². The molecule has 0 fully saturated rings. The molecule has 19 heavy (non-hydrogen) atoms. The Labute approximate surface area is 113 Å². The molecule has 0 spiro atoms. The van der Waals surface area contributed by atoms with E-state index in [-0.39, 0.29) is 0 Å². The number of hydrogen-bond acceptors (Lipinski definition) is 4. The Morgan fingerprint density at radius 1 is 1.26 bits per heavy atom. The first-order valence-corrected chi connectivity index (χ1v) is 6.44. The fourth-order valence-electron chi connectivity index (χ4n) is 1.89. The molecule has 0 aromatic carbocycles. The van der Waals surface area contributed by atoms with Gasteiger partial charge in [0, 0.05) is 24.0 Å². The number of hydrogen-bond donors (Lipinski definition) is 1. The van der Waals surface area contributed by atoms with Gasteiger partial charge in [-0.05, 0) is 44.0 Å². The van der Waals surface area contributed by atoms with E-state index in [1.54, 1.807) is 6.20 Å². The van der Waals surface area contributed by atoms with Crippen molar-refractivity contribution in [3.63, 3.8) is 0 Å². The minimum atomic E-state index is 0.487. The smallest absolute Gasteiger partial charge is 0.222 e. The quantitative estimate of drug-likeness (QED) is 0.914. The van der Waals surface area contributed by atoms with E-state index in [1.165, 1.54) is 0 Å². The summed E-state index contributed by atoms with van der Waals surface area (Å²) in [5.74, 6) is 1.38. The SMILES string of the molecule is CCc1nc(C)ccc1Oc1ncc(CN)cc1C. The van der Waals surface area contributed by atoms with E-state index in [0.29, 0.717) is 12.4 Å². The molecule has 0 atom stereocenters. The van der Waals surface area contributed by atoms with Gasteiger partial charge in [0.2, 0.25) is 5.88 Å². The van der Waals surface area contributed by atoms with Crippen LogP contribution < -0.4 is 10.5 Å². The van der Waals surface area contributed by atoms with Gasteiger partial charge < -0.3 is 10.5 Å². The van der Waals surface area contributed by atoms with Gasteiger partial charge in [-0.1, -0.05) is 6.92 Å².